The van der Waals surface area contributed by atoms with Gasteiger partial charge in [0, 0.05) is 23.5 Å². The molecule has 6 heteroatoms. The third-order valence-corrected chi connectivity index (χ3v) is 3.28. The Labute approximate surface area is 110 Å². The van der Waals surface area contributed by atoms with Crippen LogP contribution in [0, 0.1) is 13.8 Å². The highest BCUT2D eigenvalue weighted by molar-refractivity contribution is 7.09. The van der Waals surface area contributed by atoms with Crippen molar-refractivity contribution in [2.75, 3.05) is 0 Å². The number of amides is 1. The van der Waals surface area contributed by atoms with E-state index in [2.05, 4.69) is 20.5 Å². The Kier molecular flexibility index (Phi) is 3.76. The summed E-state index contributed by atoms with van der Waals surface area (Å²) in [5.74, 6) is -0.126. The topological polar surface area (TPSA) is 70.7 Å². The van der Waals surface area contributed by atoms with Crippen molar-refractivity contribution in [3.8, 4) is 0 Å². The summed E-state index contributed by atoms with van der Waals surface area (Å²) in [5.41, 5.74) is 2.47. The molecule has 1 amide bonds. The molecule has 0 aliphatic carbocycles. The van der Waals surface area contributed by atoms with Gasteiger partial charge in [0.05, 0.1) is 10.7 Å². The fraction of sp³-hybridized carbons (Fsp3) is 0.417. The highest BCUT2D eigenvalue weighted by Crippen LogP contribution is 2.08. The van der Waals surface area contributed by atoms with Crippen LogP contribution in [0.1, 0.15) is 33.8 Å². The number of aryl methyl sites for hydroxylation is 2. The molecule has 2 aromatic heterocycles. The zero-order valence-corrected chi connectivity index (χ0v) is 11.5. The minimum atomic E-state index is -0.126. The van der Waals surface area contributed by atoms with Crippen molar-refractivity contribution in [1.29, 1.82) is 0 Å². The number of nitrogens with zero attached hydrogens (tertiary/aromatic N) is 2. The van der Waals surface area contributed by atoms with Crippen molar-refractivity contribution in [2.45, 2.75) is 33.2 Å². The molecule has 0 bridgehead atoms. The molecule has 0 aromatic carbocycles. The monoisotopic (exact) mass is 264 g/mol. The number of aromatic amines is 1. The smallest absolute Gasteiger partial charge is 0.270 e. The maximum Gasteiger partial charge on any atom is 0.270 e. The summed E-state index contributed by atoms with van der Waals surface area (Å²) in [5, 5.41) is 12.6. The highest BCUT2D eigenvalue weighted by Gasteiger charge is 2.13. The van der Waals surface area contributed by atoms with Gasteiger partial charge < -0.3 is 5.32 Å². The molecule has 96 valence electrons. The molecule has 1 unspecified atom stereocenters. The minimum Gasteiger partial charge on any atom is -0.348 e. The Morgan fingerprint density at radius 2 is 2.33 bits per heavy atom. The first-order valence-electron chi connectivity index (χ1n) is 5.78. The number of H-pyrrole nitrogens is 1. The molecule has 2 heterocycles. The van der Waals surface area contributed by atoms with Gasteiger partial charge in [-0.2, -0.15) is 5.10 Å². The van der Waals surface area contributed by atoms with E-state index in [1.165, 1.54) is 11.3 Å². The number of nitrogens with one attached hydrogen (secondary N) is 2. The molecule has 0 radical (unpaired) electrons. The number of rotatable bonds is 4. The van der Waals surface area contributed by atoms with E-state index in [1.54, 1.807) is 5.38 Å². The molecule has 0 fully saturated rings. The molecule has 0 saturated carbocycles. The van der Waals surface area contributed by atoms with E-state index in [-0.39, 0.29) is 11.9 Å². The van der Waals surface area contributed by atoms with Gasteiger partial charge in [-0.3, -0.25) is 9.89 Å². The van der Waals surface area contributed by atoms with E-state index in [9.17, 15) is 4.79 Å². The van der Waals surface area contributed by atoms with E-state index in [4.69, 9.17) is 0 Å². The first-order chi connectivity index (χ1) is 8.54. The number of carbonyl (C=O) groups is 1. The molecular weight excluding hydrogens is 248 g/mol. The maximum atomic E-state index is 11.9. The zero-order chi connectivity index (χ0) is 13.1. The van der Waals surface area contributed by atoms with Crippen LogP contribution >= 0.6 is 11.3 Å². The first-order valence-corrected chi connectivity index (χ1v) is 6.66. The summed E-state index contributed by atoms with van der Waals surface area (Å²) in [6.07, 6.45) is 0.708. The lowest BCUT2D eigenvalue weighted by molar-refractivity contribution is 0.0935. The number of hydrogen-bond donors (Lipinski definition) is 2. The van der Waals surface area contributed by atoms with Gasteiger partial charge in [-0.15, -0.1) is 11.3 Å². The molecule has 2 aromatic rings. The lowest BCUT2D eigenvalue weighted by atomic mass is 10.1. The zero-order valence-electron chi connectivity index (χ0n) is 10.7. The summed E-state index contributed by atoms with van der Waals surface area (Å²) in [7, 11) is 0. The standard InChI is InChI=1S/C12H16N4OS/c1-7(4-10-5-8(2)15-16-10)13-12(17)11-6-18-9(3)14-11/h5-7H,4H2,1-3H3,(H,13,17)(H,15,16). The van der Waals surface area contributed by atoms with Crippen molar-refractivity contribution in [2.24, 2.45) is 0 Å². The molecule has 1 atom stereocenters. The van der Waals surface area contributed by atoms with Gasteiger partial charge in [0.25, 0.3) is 5.91 Å². The predicted molar refractivity (Wildman–Crippen MR) is 70.8 cm³/mol. The van der Waals surface area contributed by atoms with Crippen LogP contribution in [0.3, 0.4) is 0 Å². The summed E-state index contributed by atoms with van der Waals surface area (Å²) < 4.78 is 0. The molecule has 0 spiro atoms. The third-order valence-electron chi connectivity index (χ3n) is 2.50. The minimum absolute atomic E-state index is 0.0298. The molecule has 0 aliphatic heterocycles. The van der Waals surface area contributed by atoms with Crippen LogP contribution in [0.2, 0.25) is 0 Å². The molecule has 18 heavy (non-hydrogen) atoms. The fourth-order valence-electron chi connectivity index (χ4n) is 1.71. The Balaban J connectivity index is 1.91. The van der Waals surface area contributed by atoms with Crippen molar-refractivity contribution < 1.29 is 4.79 Å². The summed E-state index contributed by atoms with van der Waals surface area (Å²) >= 11 is 1.48. The third kappa shape index (κ3) is 3.16. The van der Waals surface area contributed by atoms with Crippen LogP contribution in [0.5, 0.6) is 0 Å². The van der Waals surface area contributed by atoms with Crippen LogP contribution < -0.4 is 5.32 Å². The van der Waals surface area contributed by atoms with Crippen molar-refractivity contribution in [3.05, 3.63) is 33.5 Å². The summed E-state index contributed by atoms with van der Waals surface area (Å²) in [6.45, 7) is 5.80. The van der Waals surface area contributed by atoms with Gasteiger partial charge in [0.1, 0.15) is 5.69 Å². The fourth-order valence-corrected chi connectivity index (χ4v) is 2.30. The number of carbonyl (C=O) groups excluding carboxylic acids is 1. The molecule has 0 saturated heterocycles. The number of thiazole rings is 1. The van der Waals surface area contributed by atoms with Crippen LogP contribution in [0.4, 0.5) is 0 Å². The molecule has 2 rings (SSSR count). The average Bonchev–Trinajstić information content (AvgIpc) is 2.87. The molecular formula is C12H16N4OS. The van der Waals surface area contributed by atoms with Crippen molar-refractivity contribution in [1.82, 2.24) is 20.5 Å². The van der Waals surface area contributed by atoms with E-state index < -0.39 is 0 Å². The van der Waals surface area contributed by atoms with Crippen LogP contribution in [-0.4, -0.2) is 27.1 Å². The lowest BCUT2D eigenvalue weighted by Crippen LogP contribution is -2.34. The quantitative estimate of drug-likeness (QED) is 0.885. The van der Waals surface area contributed by atoms with E-state index in [0.29, 0.717) is 12.1 Å². The maximum absolute atomic E-state index is 11.9. The Morgan fingerprint density at radius 1 is 1.56 bits per heavy atom. The van der Waals surface area contributed by atoms with Crippen LogP contribution in [0.15, 0.2) is 11.4 Å². The Bertz CT molecular complexity index is 546. The molecule has 5 nitrogen and oxygen atoms in total. The van der Waals surface area contributed by atoms with Gasteiger partial charge in [-0.25, -0.2) is 4.98 Å². The van der Waals surface area contributed by atoms with Gasteiger partial charge >= 0.3 is 0 Å². The largest absolute Gasteiger partial charge is 0.348 e. The second kappa shape index (κ2) is 5.30. The average molecular weight is 264 g/mol. The van der Waals surface area contributed by atoms with Gasteiger partial charge in [0.15, 0.2) is 0 Å². The van der Waals surface area contributed by atoms with Gasteiger partial charge in [0.2, 0.25) is 0 Å². The second-order valence-electron chi connectivity index (χ2n) is 4.37. The molecule has 0 aliphatic rings. The summed E-state index contributed by atoms with van der Waals surface area (Å²) in [4.78, 5) is 16.0. The normalized spacial score (nSPS) is 12.4. The lowest BCUT2D eigenvalue weighted by Gasteiger charge is -2.11. The summed E-state index contributed by atoms with van der Waals surface area (Å²) in [6, 6.07) is 2.01. The van der Waals surface area contributed by atoms with Crippen LogP contribution in [-0.2, 0) is 6.42 Å². The highest BCUT2D eigenvalue weighted by atomic mass is 32.1. The van der Waals surface area contributed by atoms with Gasteiger partial charge in [-0.1, -0.05) is 0 Å². The number of hydrogen-bond acceptors (Lipinski definition) is 4. The van der Waals surface area contributed by atoms with E-state index in [1.807, 2.05) is 26.8 Å². The van der Waals surface area contributed by atoms with Crippen molar-refractivity contribution >= 4 is 17.2 Å². The van der Waals surface area contributed by atoms with Gasteiger partial charge in [-0.05, 0) is 26.8 Å². The SMILES string of the molecule is Cc1cc(CC(C)NC(=O)c2csc(C)n2)n[nH]1. The van der Waals surface area contributed by atoms with E-state index in [0.717, 1.165) is 16.4 Å². The predicted octanol–water partition coefficient (Wildman–Crippen LogP) is 1.84. The van der Waals surface area contributed by atoms with Crippen molar-refractivity contribution in [3.63, 3.8) is 0 Å². The molecule has 2 N–H and O–H groups in total. The Morgan fingerprint density at radius 3 is 2.89 bits per heavy atom. The second-order valence-corrected chi connectivity index (χ2v) is 5.43. The first kappa shape index (κ1) is 12.8. The van der Waals surface area contributed by atoms with Crippen LogP contribution in [0.25, 0.3) is 0 Å². The Hall–Kier alpha value is -1.69. The van der Waals surface area contributed by atoms with E-state index >= 15 is 0 Å². The number of aromatic nitrogens is 3.